The molecule has 2 saturated heterocycles. The first-order valence-electron chi connectivity index (χ1n) is 9.27. The van der Waals surface area contributed by atoms with E-state index >= 15 is 0 Å². The number of carboxylic acid groups (broad SMARTS) is 1. The molecule has 1 saturated carbocycles. The van der Waals surface area contributed by atoms with Gasteiger partial charge in [0.1, 0.15) is 17.6 Å². The molecule has 0 aromatic carbocycles. The van der Waals surface area contributed by atoms with Crippen LogP contribution in [-0.2, 0) is 16.1 Å². The van der Waals surface area contributed by atoms with Crippen LogP contribution in [0, 0.1) is 18.3 Å². The minimum absolute atomic E-state index is 0.0189. The summed E-state index contributed by atoms with van der Waals surface area (Å²) in [5, 5.41) is 9.67. The van der Waals surface area contributed by atoms with Gasteiger partial charge in [0.2, 0.25) is 5.91 Å². The molecule has 0 radical (unpaired) electrons. The zero-order valence-corrected chi connectivity index (χ0v) is 14.7. The number of aliphatic carboxylic acids is 1. The Hall–Kier alpha value is -1.82. The van der Waals surface area contributed by atoms with Crippen LogP contribution in [0.25, 0.3) is 0 Å². The van der Waals surface area contributed by atoms with Crippen molar-refractivity contribution in [2.45, 2.75) is 51.6 Å². The van der Waals surface area contributed by atoms with Crippen LogP contribution in [0.1, 0.15) is 43.6 Å². The summed E-state index contributed by atoms with van der Waals surface area (Å²) in [6, 6.07) is 3.38. The molecule has 1 N–H and O–H groups in total. The molecule has 3 aliphatic rings. The fraction of sp³-hybridized carbons (Fsp3) is 0.684. The van der Waals surface area contributed by atoms with Crippen LogP contribution in [0.4, 0.5) is 0 Å². The van der Waals surface area contributed by atoms with Crippen molar-refractivity contribution in [1.82, 2.24) is 9.80 Å². The highest BCUT2D eigenvalue weighted by molar-refractivity contribution is 5.81. The van der Waals surface area contributed by atoms with Gasteiger partial charge in [-0.2, -0.15) is 0 Å². The Morgan fingerprint density at radius 1 is 1.28 bits per heavy atom. The van der Waals surface area contributed by atoms with Crippen molar-refractivity contribution in [2.24, 2.45) is 11.3 Å². The molecule has 1 atom stereocenters. The molecule has 1 amide bonds. The zero-order chi connectivity index (χ0) is 17.6. The number of piperidine rings is 1. The van der Waals surface area contributed by atoms with Crippen molar-refractivity contribution >= 4 is 11.9 Å². The Morgan fingerprint density at radius 2 is 2.00 bits per heavy atom. The fourth-order valence-electron chi connectivity index (χ4n) is 4.48. The number of rotatable bonds is 4. The van der Waals surface area contributed by atoms with Gasteiger partial charge >= 0.3 is 5.97 Å². The fourth-order valence-corrected chi connectivity index (χ4v) is 4.48. The summed E-state index contributed by atoms with van der Waals surface area (Å²) in [6.45, 7) is 4.76. The van der Waals surface area contributed by atoms with Crippen LogP contribution in [0.5, 0.6) is 0 Å². The lowest BCUT2D eigenvalue weighted by molar-refractivity contribution is -0.142. The number of carboxylic acids is 1. The normalized spacial score (nSPS) is 26.3. The molecule has 6 nitrogen and oxygen atoms in total. The number of nitrogens with zero attached hydrogens (tertiary/aromatic N) is 2. The van der Waals surface area contributed by atoms with E-state index in [9.17, 15) is 14.7 Å². The van der Waals surface area contributed by atoms with Gasteiger partial charge < -0.3 is 14.4 Å². The van der Waals surface area contributed by atoms with E-state index in [0.29, 0.717) is 18.9 Å². The van der Waals surface area contributed by atoms with E-state index in [2.05, 4.69) is 0 Å². The molecule has 136 valence electrons. The summed E-state index contributed by atoms with van der Waals surface area (Å²) >= 11 is 0. The van der Waals surface area contributed by atoms with E-state index in [-0.39, 0.29) is 11.3 Å². The Labute approximate surface area is 147 Å². The van der Waals surface area contributed by atoms with Crippen molar-refractivity contribution < 1.29 is 19.1 Å². The van der Waals surface area contributed by atoms with E-state index in [4.69, 9.17) is 4.42 Å². The molecular weight excluding hydrogens is 320 g/mol. The number of hydrogen-bond acceptors (Lipinski definition) is 4. The van der Waals surface area contributed by atoms with Gasteiger partial charge in [-0.1, -0.05) is 0 Å². The summed E-state index contributed by atoms with van der Waals surface area (Å²) in [5.41, 5.74) is 0.0189. The highest BCUT2D eigenvalue weighted by Crippen LogP contribution is 2.45. The molecule has 2 aliphatic heterocycles. The van der Waals surface area contributed by atoms with Gasteiger partial charge in [-0.15, -0.1) is 0 Å². The number of amides is 1. The molecule has 6 heteroatoms. The van der Waals surface area contributed by atoms with E-state index in [1.807, 2.05) is 28.9 Å². The van der Waals surface area contributed by atoms with E-state index < -0.39 is 12.0 Å². The standard InChI is InChI=1S/C19H26N2O4/c1-13-2-5-15(25-13)11-21-12-19(10-16(21)18(23)24)6-8-20(9-7-19)17(22)14-3-4-14/h2,5,14,16H,3-4,6-12H2,1H3,(H,23,24)/t16-/m0/s1. The smallest absolute Gasteiger partial charge is 0.320 e. The Bertz CT molecular complexity index is 671. The average Bonchev–Trinajstić information content (AvgIpc) is 3.27. The number of carbonyl (C=O) groups is 2. The third kappa shape index (κ3) is 3.32. The molecule has 0 bridgehead atoms. The van der Waals surface area contributed by atoms with Crippen molar-refractivity contribution in [2.75, 3.05) is 19.6 Å². The predicted molar refractivity (Wildman–Crippen MR) is 90.9 cm³/mol. The van der Waals surface area contributed by atoms with Crippen LogP contribution in [-0.4, -0.2) is 52.5 Å². The van der Waals surface area contributed by atoms with Crippen LogP contribution < -0.4 is 0 Å². The molecule has 1 aromatic heterocycles. The molecule has 3 heterocycles. The van der Waals surface area contributed by atoms with Crippen LogP contribution >= 0.6 is 0 Å². The van der Waals surface area contributed by atoms with Gasteiger partial charge in [0.05, 0.1) is 6.54 Å². The number of carbonyl (C=O) groups excluding carboxylic acids is 1. The van der Waals surface area contributed by atoms with Gasteiger partial charge in [-0.25, -0.2) is 0 Å². The van der Waals surface area contributed by atoms with Crippen LogP contribution in [0.3, 0.4) is 0 Å². The molecule has 3 fully saturated rings. The molecule has 0 unspecified atom stereocenters. The Kier molecular flexibility index (Phi) is 4.10. The third-order valence-corrected chi connectivity index (χ3v) is 6.11. The monoisotopic (exact) mass is 346 g/mol. The lowest BCUT2D eigenvalue weighted by atomic mass is 9.76. The highest BCUT2D eigenvalue weighted by atomic mass is 16.4. The summed E-state index contributed by atoms with van der Waals surface area (Å²) in [6.07, 6.45) is 4.56. The second-order valence-electron chi connectivity index (χ2n) is 8.08. The minimum Gasteiger partial charge on any atom is -0.480 e. The molecular formula is C19H26N2O4. The number of likely N-dealkylation sites (tertiary alicyclic amines) is 2. The van der Waals surface area contributed by atoms with Crippen molar-refractivity contribution in [3.05, 3.63) is 23.7 Å². The summed E-state index contributed by atoms with van der Waals surface area (Å²) in [7, 11) is 0. The van der Waals surface area contributed by atoms with E-state index in [1.165, 1.54) is 0 Å². The van der Waals surface area contributed by atoms with Crippen molar-refractivity contribution in [3.63, 3.8) is 0 Å². The first-order valence-corrected chi connectivity index (χ1v) is 9.27. The molecule has 1 aromatic rings. The largest absolute Gasteiger partial charge is 0.480 e. The van der Waals surface area contributed by atoms with Crippen LogP contribution in [0.2, 0.25) is 0 Å². The van der Waals surface area contributed by atoms with Crippen molar-refractivity contribution in [1.29, 1.82) is 0 Å². The number of furan rings is 1. The maximum atomic E-state index is 12.3. The highest BCUT2D eigenvalue weighted by Gasteiger charge is 2.49. The first-order chi connectivity index (χ1) is 12.0. The Balaban J connectivity index is 1.42. The second kappa shape index (κ2) is 6.16. The first kappa shape index (κ1) is 16.6. The molecule has 1 spiro atoms. The average molecular weight is 346 g/mol. The topological polar surface area (TPSA) is 74.0 Å². The van der Waals surface area contributed by atoms with Gasteiger partial charge in [0.15, 0.2) is 0 Å². The van der Waals surface area contributed by atoms with Gasteiger partial charge in [-0.05, 0) is 56.6 Å². The van der Waals surface area contributed by atoms with Gasteiger partial charge in [0, 0.05) is 25.6 Å². The number of hydrogen-bond donors (Lipinski definition) is 1. The molecule has 25 heavy (non-hydrogen) atoms. The molecule has 4 rings (SSSR count). The SMILES string of the molecule is Cc1ccc(CN2CC3(CCN(C(=O)C4CC4)CC3)C[C@H]2C(=O)O)o1. The summed E-state index contributed by atoms with van der Waals surface area (Å²) in [4.78, 5) is 28.1. The zero-order valence-electron chi connectivity index (χ0n) is 14.7. The summed E-state index contributed by atoms with van der Waals surface area (Å²) in [5.74, 6) is 1.50. The Morgan fingerprint density at radius 3 is 2.56 bits per heavy atom. The van der Waals surface area contributed by atoms with Gasteiger partial charge in [-0.3, -0.25) is 14.5 Å². The lowest BCUT2D eigenvalue weighted by Crippen LogP contribution is -2.44. The second-order valence-corrected chi connectivity index (χ2v) is 8.08. The minimum atomic E-state index is -0.753. The van der Waals surface area contributed by atoms with Gasteiger partial charge in [0.25, 0.3) is 0 Å². The van der Waals surface area contributed by atoms with Crippen LogP contribution in [0.15, 0.2) is 16.5 Å². The van der Waals surface area contributed by atoms with Crippen molar-refractivity contribution in [3.8, 4) is 0 Å². The predicted octanol–water partition coefficient (Wildman–Crippen LogP) is 2.27. The maximum Gasteiger partial charge on any atom is 0.320 e. The quantitative estimate of drug-likeness (QED) is 0.905. The van der Waals surface area contributed by atoms with E-state index in [0.717, 1.165) is 56.8 Å². The van der Waals surface area contributed by atoms with E-state index in [1.54, 1.807) is 0 Å². The lowest BCUT2D eigenvalue weighted by Gasteiger charge is -2.39. The summed E-state index contributed by atoms with van der Waals surface area (Å²) < 4.78 is 5.64. The number of aryl methyl sites for hydroxylation is 1. The third-order valence-electron chi connectivity index (χ3n) is 6.11. The maximum absolute atomic E-state index is 12.3. The molecule has 1 aliphatic carbocycles.